The van der Waals surface area contributed by atoms with Crippen LogP contribution in [0.4, 0.5) is 5.69 Å². The summed E-state index contributed by atoms with van der Waals surface area (Å²) in [6.07, 6.45) is 19.4. The number of rotatable bonds is 19. The van der Waals surface area contributed by atoms with Crippen LogP contribution in [-0.4, -0.2) is 12.5 Å². The first-order valence-electron chi connectivity index (χ1n) is 14.7. The largest absolute Gasteiger partial charge is 1.00 e. The van der Waals surface area contributed by atoms with Crippen LogP contribution in [0.5, 0.6) is 5.75 Å². The summed E-state index contributed by atoms with van der Waals surface area (Å²) in [6.45, 7) is 5.14. The zero-order valence-corrected chi connectivity index (χ0v) is 26.3. The molecular weight excluding hydrogens is 568 g/mol. The van der Waals surface area contributed by atoms with E-state index in [4.69, 9.17) is 4.74 Å². The Morgan fingerprint density at radius 1 is 0.795 bits per heavy atom. The SMILES string of the molecule is CCCCCCCCCCCCCCOc1ccc(CC(=O)Nc2ccc(Cc3[nH+]cc(C)s3)cc2)cc1.[Br-]. The molecule has 1 heterocycles. The number of amides is 1. The Kier molecular flexibility index (Phi) is 16.8. The molecule has 0 aliphatic rings. The van der Waals surface area contributed by atoms with Crippen molar-refractivity contribution in [2.45, 2.75) is 104 Å². The lowest BCUT2D eigenvalue weighted by Gasteiger charge is -2.08. The van der Waals surface area contributed by atoms with Crippen molar-refractivity contribution in [3.8, 4) is 5.75 Å². The number of aromatic amines is 1. The van der Waals surface area contributed by atoms with Gasteiger partial charge in [-0.15, -0.1) is 0 Å². The average molecular weight is 616 g/mol. The minimum atomic E-state index is -0.00914. The predicted octanol–water partition coefficient (Wildman–Crippen LogP) is 5.73. The Bertz CT molecular complexity index is 1050. The summed E-state index contributed by atoms with van der Waals surface area (Å²) in [5, 5.41) is 4.24. The van der Waals surface area contributed by atoms with E-state index in [0.717, 1.165) is 36.4 Å². The summed E-state index contributed by atoms with van der Waals surface area (Å²) in [5.74, 6) is 0.871. The van der Waals surface area contributed by atoms with Gasteiger partial charge in [0, 0.05) is 5.69 Å². The molecule has 0 bridgehead atoms. The van der Waals surface area contributed by atoms with E-state index in [1.165, 1.54) is 86.1 Å². The first kappa shape index (κ1) is 33.0. The van der Waals surface area contributed by atoms with Gasteiger partial charge in [0.15, 0.2) is 6.20 Å². The first-order chi connectivity index (χ1) is 18.6. The molecule has 3 rings (SSSR count). The number of unbranched alkanes of at least 4 members (excludes halogenated alkanes) is 11. The lowest BCUT2D eigenvalue weighted by atomic mass is 10.1. The van der Waals surface area contributed by atoms with Gasteiger partial charge >= 0.3 is 0 Å². The first-order valence-corrected chi connectivity index (χ1v) is 15.5. The number of hydrogen-bond acceptors (Lipinski definition) is 3. The van der Waals surface area contributed by atoms with E-state index in [1.54, 1.807) is 11.3 Å². The maximum absolute atomic E-state index is 12.5. The van der Waals surface area contributed by atoms with Gasteiger partial charge in [0.25, 0.3) is 0 Å². The number of carbonyl (C=O) groups is 1. The highest BCUT2D eigenvalue weighted by atomic mass is 79.9. The third-order valence-corrected chi connectivity index (χ3v) is 7.83. The fourth-order valence-electron chi connectivity index (χ4n) is 4.64. The zero-order chi connectivity index (χ0) is 26.8. The van der Waals surface area contributed by atoms with Gasteiger partial charge in [0.05, 0.1) is 24.3 Å². The van der Waals surface area contributed by atoms with Crippen LogP contribution in [0.2, 0.25) is 0 Å². The average Bonchev–Trinajstić information content (AvgIpc) is 3.33. The van der Waals surface area contributed by atoms with E-state index in [2.05, 4.69) is 36.3 Å². The van der Waals surface area contributed by atoms with Gasteiger partial charge < -0.3 is 27.0 Å². The van der Waals surface area contributed by atoms with Crippen LogP contribution in [0, 0.1) is 6.92 Å². The smallest absolute Gasteiger partial charge is 0.240 e. The Morgan fingerprint density at radius 2 is 1.36 bits per heavy atom. The predicted molar refractivity (Wildman–Crippen MR) is 160 cm³/mol. The van der Waals surface area contributed by atoms with Crippen molar-refractivity contribution in [2.75, 3.05) is 11.9 Å². The molecule has 0 atom stereocenters. The van der Waals surface area contributed by atoms with Crippen LogP contribution < -0.4 is 32.0 Å². The van der Waals surface area contributed by atoms with Gasteiger partial charge in [-0.2, -0.15) is 0 Å². The third kappa shape index (κ3) is 14.1. The number of anilines is 1. The Balaban J connectivity index is 0.00000533. The van der Waals surface area contributed by atoms with Crippen LogP contribution in [0.1, 0.15) is 105 Å². The van der Waals surface area contributed by atoms with Crippen LogP contribution in [0.3, 0.4) is 0 Å². The molecule has 39 heavy (non-hydrogen) atoms. The quantitative estimate of drug-likeness (QED) is 0.175. The topological polar surface area (TPSA) is 52.5 Å². The number of hydrogen-bond donors (Lipinski definition) is 1. The fraction of sp³-hybridized carbons (Fsp3) is 0.515. The highest BCUT2D eigenvalue weighted by molar-refractivity contribution is 7.11. The summed E-state index contributed by atoms with van der Waals surface area (Å²) < 4.78 is 5.91. The number of halogens is 1. The molecule has 0 unspecified atom stereocenters. The molecule has 2 aromatic carbocycles. The van der Waals surface area contributed by atoms with E-state index < -0.39 is 0 Å². The highest BCUT2D eigenvalue weighted by Gasteiger charge is 2.08. The highest BCUT2D eigenvalue weighted by Crippen LogP contribution is 2.18. The second-order valence-electron chi connectivity index (χ2n) is 10.4. The summed E-state index contributed by atoms with van der Waals surface area (Å²) in [7, 11) is 0. The Labute approximate surface area is 250 Å². The molecule has 1 amide bonds. The molecule has 0 aliphatic heterocycles. The van der Waals surface area contributed by atoms with Gasteiger partial charge in [-0.05, 0) is 48.7 Å². The van der Waals surface area contributed by atoms with Crippen molar-refractivity contribution in [1.29, 1.82) is 0 Å². The molecule has 0 radical (unpaired) electrons. The van der Waals surface area contributed by atoms with E-state index in [0.29, 0.717) is 6.42 Å². The van der Waals surface area contributed by atoms with Gasteiger partial charge in [-0.1, -0.05) is 113 Å². The molecule has 4 nitrogen and oxygen atoms in total. The van der Waals surface area contributed by atoms with E-state index in [-0.39, 0.29) is 22.9 Å². The summed E-state index contributed by atoms with van der Waals surface area (Å²) >= 11 is 1.78. The zero-order valence-electron chi connectivity index (χ0n) is 23.9. The minimum Gasteiger partial charge on any atom is -1.00 e. The Hall–Kier alpha value is -2.18. The molecule has 6 heteroatoms. The molecule has 214 valence electrons. The van der Waals surface area contributed by atoms with Crippen molar-refractivity contribution in [2.24, 2.45) is 0 Å². The van der Waals surface area contributed by atoms with Crippen molar-refractivity contribution in [1.82, 2.24) is 0 Å². The molecule has 2 N–H and O–H groups in total. The van der Waals surface area contributed by atoms with Crippen molar-refractivity contribution < 1.29 is 31.5 Å². The normalized spacial score (nSPS) is 10.7. The maximum Gasteiger partial charge on any atom is 0.240 e. The Morgan fingerprint density at radius 3 is 1.92 bits per heavy atom. The molecule has 0 aliphatic carbocycles. The van der Waals surface area contributed by atoms with Crippen LogP contribution in [0.25, 0.3) is 0 Å². The van der Waals surface area contributed by atoms with Crippen molar-refractivity contribution in [3.05, 3.63) is 75.7 Å². The van der Waals surface area contributed by atoms with E-state index in [1.807, 2.05) is 42.6 Å². The number of aromatic nitrogens is 1. The summed E-state index contributed by atoms with van der Waals surface area (Å²) in [6, 6.07) is 16.0. The molecule has 0 fully saturated rings. The summed E-state index contributed by atoms with van der Waals surface area (Å²) in [4.78, 5) is 17.1. The summed E-state index contributed by atoms with van der Waals surface area (Å²) in [5.41, 5.74) is 3.04. The number of ether oxygens (including phenoxy) is 1. The van der Waals surface area contributed by atoms with Gasteiger partial charge in [0.1, 0.15) is 5.75 Å². The number of benzene rings is 2. The van der Waals surface area contributed by atoms with Crippen molar-refractivity contribution in [3.63, 3.8) is 0 Å². The lowest BCUT2D eigenvalue weighted by Crippen LogP contribution is -3.00. The van der Waals surface area contributed by atoms with Gasteiger partial charge in [0.2, 0.25) is 10.9 Å². The van der Waals surface area contributed by atoms with E-state index >= 15 is 0 Å². The number of carbonyl (C=O) groups excluding carboxylic acids is 1. The molecule has 0 saturated carbocycles. The molecule has 1 aromatic heterocycles. The van der Waals surface area contributed by atoms with Crippen molar-refractivity contribution >= 4 is 22.9 Å². The minimum absolute atomic E-state index is 0. The fourth-order valence-corrected chi connectivity index (χ4v) is 5.50. The second-order valence-corrected chi connectivity index (χ2v) is 11.7. The standard InChI is InChI=1S/C33H46N2O2S.BrH/c1-3-4-5-6-7-8-9-10-11-12-13-14-23-37-31-21-17-28(18-22-31)24-32(36)35-30-19-15-29(16-20-30)25-33-34-26-27(2)38-33;/h15-22,26H,3-14,23-25H2,1-2H3,(H,35,36);1H. The molecular formula is C33H47BrN2O2S. The van der Waals surface area contributed by atoms with Crippen LogP contribution in [0.15, 0.2) is 54.7 Å². The van der Waals surface area contributed by atoms with E-state index in [9.17, 15) is 4.79 Å². The number of nitrogens with one attached hydrogen (secondary N) is 2. The van der Waals surface area contributed by atoms with Gasteiger partial charge in [-0.25, -0.2) is 4.98 Å². The number of aryl methyl sites for hydroxylation is 1. The second kappa shape index (κ2) is 19.8. The van der Waals surface area contributed by atoms with Crippen LogP contribution >= 0.6 is 11.3 Å². The van der Waals surface area contributed by atoms with Crippen LogP contribution in [-0.2, 0) is 17.6 Å². The molecule has 0 saturated heterocycles. The monoisotopic (exact) mass is 614 g/mol. The molecule has 3 aromatic rings. The lowest BCUT2D eigenvalue weighted by molar-refractivity contribution is -0.381. The van der Waals surface area contributed by atoms with Gasteiger partial charge in [-0.3, -0.25) is 4.79 Å². The molecule has 0 spiro atoms. The third-order valence-electron chi connectivity index (χ3n) is 6.88. The maximum atomic E-state index is 12.5. The number of thiazole rings is 1. The number of H-pyrrole nitrogens is 1.